The van der Waals surface area contributed by atoms with Gasteiger partial charge in [0.25, 0.3) is 0 Å². The van der Waals surface area contributed by atoms with Crippen molar-refractivity contribution in [3.05, 3.63) is 54.0 Å². The molecule has 24 heavy (non-hydrogen) atoms. The third-order valence-corrected chi connectivity index (χ3v) is 4.44. The summed E-state index contributed by atoms with van der Waals surface area (Å²) in [4.78, 5) is 12.7. The lowest BCUT2D eigenvalue weighted by molar-refractivity contribution is 0.00578. The normalized spacial score (nSPS) is 20.1. The first-order valence-electron chi connectivity index (χ1n) is 7.60. The van der Waals surface area contributed by atoms with Gasteiger partial charge < -0.3 is 18.1 Å². The summed E-state index contributed by atoms with van der Waals surface area (Å²) in [5.41, 5.74) is -2.56. The van der Waals surface area contributed by atoms with Crippen LogP contribution in [0.15, 0.2) is 51.4 Å². The molecular weight excluding hydrogens is 314 g/mol. The van der Waals surface area contributed by atoms with Crippen molar-refractivity contribution in [2.24, 2.45) is 0 Å². The van der Waals surface area contributed by atoms with Crippen LogP contribution in [0.3, 0.4) is 0 Å². The number of carbonyl (C=O) groups is 1. The highest BCUT2D eigenvalue weighted by Crippen LogP contribution is 2.40. The van der Waals surface area contributed by atoms with Gasteiger partial charge in [0.05, 0.1) is 29.3 Å². The second-order valence-corrected chi connectivity index (χ2v) is 6.59. The number of ketones is 1. The number of halogens is 1. The summed E-state index contributed by atoms with van der Waals surface area (Å²) in [5, 5.41) is 0. The molecule has 1 aliphatic rings. The zero-order valence-corrected chi connectivity index (χ0v) is 14.0. The van der Waals surface area contributed by atoms with Crippen LogP contribution in [0.4, 0.5) is 4.39 Å². The van der Waals surface area contributed by atoms with E-state index in [-0.39, 0.29) is 17.1 Å². The number of furan rings is 2. The van der Waals surface area contributed by atoms with E-state index in [2.05, 4.69) is 0 Å². The number of carbonyl (C=O) groups excluding carboxylic acids is 1. The minimum Gasteiger partial charge on any atom is -0.464 e. The Balaban J connectivity index is 2.05. The Bertz CT molecular complexity index is 743. The largest absolute Gasteiger partial charge is 0.526 e. The summed E-state index contributed by atoms with van der Waals surface area (Å²) in [7, 11) is -1.30. The van der Waals surface area contributed by atoms with E-state index in [1.54, 1.807) is 39.8 Å². The van der Waals surface area contributed by atoms with Crippen LogP contribution in [0.1, 0.15) is 44.0 Å². The highest BCUT2D eigenvalue weighted by molar-refractivity contribution is 6.57. The van der Waals surface area contributed by atoms with Gasteiger partial charge in [0.2, 0.25) is 5.78 Å². The number of hydrogen-bond acceptors (Lipinski definition) is 5. The van der Waals surface area contributed by atoms with Crippen LogP contribution < -0.4 is 0 Å². The van der Waals surface area contributed by atoms with Crippen LogP contribution in [0, 0.1) is 0 Å². The zero-order chi connectivity index (χ0) is 17.5. The fourth-order valence-electron chi connectivity index (χ4n) is 2.35. The predicted octanol–water partition coefficient (Wildman–Crippen LogP) is 4.07. The van der Waals surface area contributed by atoms with Gasteiger partial charge >= 0.3 is 7.12 Å². The minimum absolute atomic E-state index is 0.00747. The molecule has 0 aromatic carbocycles. The number of Topliss-reactive ketones (excluding diaryl/α,β-unsaturated/α-hetero) is 1. The molecule has 0 unspecified atom stereocenters. The van der Waals surface area contributed by atoms with Gasteiger partial charge in [-0.15, -0.1) is 0 Å². The van der Waals surface area contributed by atoms with Crippen molar-refractivity contribution in [2.45, 2.75) is 38.9 Å². The lowest BCUT2D eigenvalue weighted by atomic mass is 9.82. The molecule has 1 fully saturated rings. The molecule has 0 spiro atoms. The first-order valence-corrected chi connectivity index (χ1v) is 7.60. The highest BCUT2D eigenvalue weighted by Gasteiger charge is 2.54. The van der Waals surface area contributed by atoms with Gasteiger partial charge in [-0.3, -0.25) is 4.79 Å². The van der Waals surface area contributed by atoms with Crippen molar-refractivity contribution in [3.63, 3.8) is 0 Å². The molecule has 1 saturated heterocycles. The number of hydrogen-bond donors (Lipinski definition) is 0. The first-order chi connectivity index (χ1) is 11.2. The molecule has 0 bridgehead atoms. The molecular formula is C17H18BFO5. The maximum Gasteiger partial charge on any atom is 0.526 e. The van der Waals surface area contributed by atoms with Crippen molar-refractivity contribution in [1.82, 2.24) is 0 Å². The summed E-state index contributed by atoms with van der Waals surface area (Å²) in [5.74, 6) is -0.543. The van der Waals surface area contributed by atoms with Crippen LogP contribution in [-0.4, -0.2) is 24.1 Å². The van der Waals surface area contributed by atoms with Crippen molar-refractivity contribution in [1.29, 1.82) is 0 Å². The van der Waals surface area contributed by atoms with Gasteiger partial charge in [0, 0.05) is 0 Å². The highest BCUT2D eigenvalue weighted by atomic mass is 19.1. The first kappa shape index (κ1) is 16.7. The van der Waals surface area contributed by atoms with E-state index in [4.69, 9.17) is 18.1 Å². The summed E-state index contributed by atoms with van der Waals surface area (Å²) in [6.07, 6.45) is 2.71. The fraction of sp³-hybridized carbons (Fsp3) is 0.353. The van der Waals surface area contributed by atoms with Crippen molar-refractivity contribution < 1.29 is 27.3 Å². The second kappa shape index (κ2) is 5.75. The maximum atomic E-state index is 15.2. The van der Waals surface area contributed by atoms with E-state index in [0.29, 0.717) is 0 Å². The molecule has 1 aliphatic heterocycles. The van der Waals surface area contributed by atoms with Crippen molar-refractivity contribution in [2.75, 3.05) is 0 Å². The van der Waals surface area contributed by atoms with Crippen LogP contribution in [0.25, 0.3) is 5.57 Å². The summed E-state index contributed by atoms with van der Waals surface area (Å²) in [6.45, 7) is 7.23. The summed E-state index contributed by atoms with van der Waals surface area (Å²) < 4.78 is 36.9. The Labute approximate surface area is 139 Å². The Morgan fingerprint density at radius 3 is 1.92 bits per heavy atom. The second-order valence-electron chi connectivity index (χ2n) is 6.59. The van der Waals surface area contributed by atoms with E-state index >= 15 is 4.39 Å². The van der Waals surface area contributed by atoms with Crippen LogP contribution in [0.2, 0.25) is 0 Å². The Hall–Kier alpha value is -2.12. The monoisotopic (exact) mass is 332 g/mol. The molecule has 5 nitrogen and oxygen atoms in total. The average Bonchev–Trinajstić information content (AvgIpc) is 3.21. The third kappa shape index (κ3) is 2.74. The molecule has 0 N–H and O–H groups in total. The summed E-state index contributed by atoms with van der Waals surface area (Å²) in [6, 6.07) is 6.09. The van der Waals surface area contributed by atoms with E-state index in [1.165, 1.54) is 24.7 Å². The van der Waals surface area contributed by atoms with Crippen LogP contribution >= 0.6 is 0 Å². The lowest BCUT2D eigenvalue weighted by Gasteiger charge is -2.32. The summed E-state index contributed by atoms with van der Waals surface area (Å²) >= 11 is 0. The van der Waals surface area contributed by atoms with Gasteiger partial charge in [-0.05, 0) is 52.0 Å². The number of rotatable bonds is 4. The molecule has 0 saturated carbocycles. The van der Waals surface area contributed by atoms with Crippen molar-refractivity contribution >= 4 is 18.5 Å². The molecule has 3 heterocycles. The molecule has 126 valence electrons. The Kier molecular flexibility index (Phi) is 4.01. The van der Waals surface area contributed by atoms with E-state index in [1.807, 2.05) is 0 Å². The van der Waals surface area contributed by atoms with Gasteiger partial charge in [-0.25, -0.2) is 4.39 Å². The van der Waals surface area contributed by atoms with Crippen LogP contribution in [0.5, 0.6) is 0 Å². The van der Waals surface area contributed by atoms with E-state index in [0.717, 1.165) is 0 Å². The van der Waals surface area contributed by atoms with Gasteiger partial charge in [0.1, 0.15) is 11.5 Å². The van der Waals surface area contributed by atoms with E-state index in [9.17, 15) is 4.79 Å². The van der Waals surface area contributed by atoms with Gasteiger partial charge in [-0.1, -0.05) is 0 Å². The maximum absolute atomic E-state index is 15.2. The molecule has 7 heteroatoms. The zero-order valence-electron chi connectivity index (χ0n) is 14.0. The fourth-order valence-corrected chi connectivity index (χ4v) is 2.35. The molecule has 3 rings (SSSR count). The molecule has 0 amide bonds. The Morgan fingerprint density at radius 2 is 1.46 bits per heavy atom. The standard InChI is InChI=1S/C17H18BFO5/c1-16(2)17(3,4)24-18(23-16)15(19)13(11-7-5-9-21-11)14(20)12-8-6-10-22-12/h5-10H,1-4H3. The number of allylic oxidation sites excluding steroid dienone is 1. The molecule has 0 radical (unpaired) electrons. The average molecular weight is 332 g/mol. The SMILES string of the molecule is CC1(C)OB(C(F)=C(C(=O)c2ccco2)c2ccco2)OC1(C)C. The Morgan fingerprint density at radius 1 is 0.958 bits per heavy atom. The smallest absolute Gasteiger partial charge is 0.464 e. The third-order valence-electron chi connectivity index (χ3n) is 4.44. The molecule has 0 atom stereocenters. The lowest BCUT2D eigenvalue weighted by Crippen LogP contribution is -2.41. The minimum atomic E-state index is -1.30. The van der Waals surface area contributed by atoms with Gasteiger partial charge in [0.15, 0.2) is 5.76 Å². The molecule has 2 aromatic heterocycles. The predicted molar refractivity (Wildman–Crippen MR) is 85.9 cm³/mol. The molecule has 0 aliphatic carbocycles. The molecule has 2 aromatic rings. The topological polar surface area (TPSA) is 61.8 Å². The quantitative estimate of drug-likeness (QED) is 0.480. The van der Waals surface area contributed by atoms with Gasteiger partial charge in [-0.2, -0.15) is 0 Å². The van der Waals surface area contributed by atoms with E-state index < -0.39 is 29.8 Å². The van der Waals surface area contributed by atoms with Crippen molar-refractivity contribution in [3.8, 4) is 0 Å². The van der Waals surface area contributed by atoms with Crippen LogP contribution in [-0.2, 0) is 9.31 Å².